The second-order valence-corrected chi connectivity index (χ2v) is 7.72. The second kappa shape index (κ2) is 7.66. The minimum absolute atomic E-state index is 0.126. The van der Waals surface area contributed by atoms with Crippen LogP contribution in [0, 0.1) is 13.8 Å². The molecular formula is C18H23N3O2S. The fraction of sp³-hybridized carbons (Fsp3) is 0.389. The number of carbonyl (C=O) groups excluding carboxylic acids is 1. The summed E-state index contributed by atoms with van der Waals surface area (Å²) in [4.78, 5) is 25.6. The Kier molecular flexibility index (Phi) is 5.83. The third kappa shape index (κ3) is 4.26. The number of amides is 1. The highest BCUT2D eigenvalue weighted by Crippen LogP contribution is 2.24. The number of aryl methyl sites for hydroxylation is 1. The van der Waals surface area contributed by atoms with Gasteiger partial charge in [0.05, 0.1) is 11.7 Å². The fourth-order valence-electron chi connectivity index (χ4n) is 2.36. The third-order valence-electron chi connectivity index (χ3n) is 3.80. The van der Waals surface area contributed by atoms with Crippen molar-refractivity contribution in [3.05, 3.63) is 57.0 Å². The summed E-state index contributed by atoms with van der Waals surface area (Å²) in [5, 5.41) is 9.65. The van der Waals surface area contributed by atoms with Gasteiger partial charge in [-0.15, -0.1) is 11.8 Å². The van der Waals surface area contributed by atoms with Crippen LogP contribution in [0.4, 0.5) is 0 Å². The normalized spacial score (nSPS) is 12.2. The minimum Gasteiger partial charge on any atom is -0.345 e. The molecule has 0 bridgehead atoms. The molecule has 0 radical (unpaired) electrons. The highest BCUT2D eigenvalue weighted by atomic mass is 32.2. The quantitative estimate of drug-likeness (QED) is 0.815. The summed E-state index contributed by atoms with van der Waals surface area (Å²) < 4.78 is 0. The van der Waals surface area contributed by atoms with Crippen molar-refractivity contribution in [1.82, 2.24) is 15.5 Å². The Bertz CT molecular complexity index is 782. The van der Waals surface area contributed by atoms with Crippen molar-refractivity contribution in [2.45, 2.75) is 50.8 Å². The zero-order chi connectivity index (χ0) is 17.9. The number of hydrogen-bond acceptors (Lipinski definition) is 4. The van der Waals surface area contributed by atoms with E-state index in [1.54, 1.807) is 25.6 Å². The van der Waals surface area contributed by atoms with Gasteiger partial charge in [-0.3, -0.25) is 9.59 Å². The molecule has 0 fully saturated rings. The molecule has 1 aromatic heterocycles. The maximum absolute atomic E-state index is 12.5. The highest BCUT2D eigenvalue weighted by molar-refractivity contribution is 7.99. The van der Waals surface area contributed by atoms with Gasteiger partial charge in [-0.1, -0.05) is 26.0 Å². The van der Waals surface area contributed by atoms with Crippen molar-refractivity contribution in [2.24, 2.45) is 0 Å². The van der Waals surface area contributed by atoms with E-state index < -0.39 is 5.56 Å². The molecule has 1 heterocycles. The Balaban J connectivity index is 2.15. The van der Waals surface area contributed by atoms with Crippen LogP contribution >= 0.6 is 11.8 Å². The summed E-state index contributed by atoms with van der Waals surface area (Å²) in [7, 11) is 0. The van der Waals surface area contributed by atoms with Crippen molar-refractivity contribution in [3.8, 4) is 0 Å². The molecule has 1 unspecified atom stereocenters. The monoisotopic (exact) mass is 345 g/mol. The predicted molar refractivity (Wildman–Crippen MR) is 97.6 cm³/mol. The SMILES string of the molecule is Cc1n[nH]c(=O)c(C(=O)NC(C)c2ccc(SC(C)C)cc2)c1C. The van der Waals surface area contributed by atoms with Gasteiger partial charge < -0.3 is 5.32 Å². The Morgan fingerprint density at radius 1 is 1.17 bits per heavy atom. The van der Waals surface area contributed by atoms with Gasteiger partial charge in [-0.05, 0) is 44.0 Å². The first-order valence-electron chi connectivity index (χ1n) is 7.93. The lowest BCUT2D eigenvalue weighted by molar-refractivity contribution is 0.0937. The lowest BCUT2D eigenvalue weighted by Crippen LogP contribution is -2.33. The molecule has 0 saturated heterocycles. The summed E-state index contributed by atoms with van der Waals surface area (Å²) in [5.41, 5.74) is 1.90. The summed E-state index contributed by atoms with van der Waals surface area (Å²) in [6.45, 7) is 9.70. The molecule has 2 rings (SSSR count). The topological polar surface area (TPSA) is 74.8 Å². The van der Waals surface area contributed by atoms with Gasteiger partial charge in [0.15, 0.2) is 0 Å². The first kappa shape index (κ1) is 18.3. The molecule has 1 aromatic carbocycles. The largest absolute Gasteiger partial charge is 0.345 e. The average Bonchev–Trinajstić information content (AvgIpc) is 2.51. The number of thioether (sulfide) groups is 1. The predicted octanol–water partition coefficient (Wildman–Crippen LogP) is 3.38. The summed E-state index contributed by atoms with van der Waals surface area (Å²) in [5.74, 6) is -0.382. The number of nitrogens with zero attached hydrogens (tertiary/aromatic N) is 1. The Morgan fingerprint density at radius 3 is 2.38 bits per heavy atom. The van der Waals surface area contributed by atoms with Crippen LogP contribution in [0.15, 0.2) is 34.0 Å². The van der Waals surface area contributed by atoms with E-state index in [0.29, 0.717) is 16.5 Å². The standard InChI is InChI=1S/C18H23N3O2S/c1-10(2)24-15-8-6-14(7-9-15)13(5)19-17(22)16-11(3)12(4)20-21-18(16)23/h6-10,13H,1-5H3,(H,19,22)(H,21,23). The molecule has 5 nitrogen and oxygen atoms in total. The third-order valence-corrected chi connectivity index (χ3v) is 4.81. The van der Waals surface area contributed by atoms with Gasteiger partial charge in [0.25, 0.3) is 11.5 Å². The first-order chi connectivity index (χ1) is 11.3. The summed E-state index contributed by atoms with van der Waals surface area (Å²) >= 11 is 1.80. The van der Waals surface area contributed by atoms with Crippen LogP contribution in [0.3, 0.4) is 0 Å². The fourth-order valence-corrected chi connectivity index (χ4v) is 3.20. The first-order valence-corrected chi connectivity index (χ1v) is 8.81. The van der Waals surface area contributed by atoms with E-state index in [-0.39, 0.29) is 17.5 Å². The number of H-pyrrole nitrogens is 1. The van der Waals surface area contributed by atoms with Gasteiger partial charge in [0.1, 0.15) is 5.56 Å². The van der Waals surface area contributed by atoms with Crippen LogP contribution in [-0.4, -0.2) is 21.4 Å². The molecular weight excluding hydrogens is 322 g/mol. The molecule has 0 aliphatic rings. The number of carbonyl (C=O) groups is 1. The van der Waals surface area contributed by atoms with Gasteiger partial charge >= 0.3 is 0 Å². The molecule has 128 valence electrons. The van der Waals surface area contributed by atoms with Crippen LogP contribution in [0.25, 0.3) is 0 Å². The van der Waals surface area contributed by atoms with E-state index in [0.717, 1.165) is 5.56 Å². The van der Waals surface area contributed by atoms with E-state index in [1.165, 1.54) is 4.90 Å². The van der Waals surface area contributed by atoms with Crippen LogP contribution in [-0.2, 0) is 0 Å². The van der Waals surface area contributed by atoms with Crippen molar-refractivity contribution >= 4 is 17.7 Å². The van der Waals surface area contributed by atoms with E-state index in [2.05, 4.69) is 41.5 Å². The minimum atomic E-state index is -0.466. The summed E-state index contributed by atoms with van der Waals surface area (Å²) in [6, 6.07) is 7.92. The van der Waals surface area contributed by atoms with E-state index in [1.807, 2.05) is 19.1 Å². The average molecular weight is 345 g/mol. The number of rotatable bonds is 5. The lowest BCUT2D eigenvalue weighted by Gasteiger charge is -2.16. The van der Waals surface area contributed by atoms with Gasteiger partial charge in [-0.2, -0.15) is 5.10 Å². The van der Waals surface area contributed by atoms with Gasteiger partial charge in [-0.25, -0.2) is 5.10 Å². The smallest absolute Gasteiger partial charge is 0.277 e. The molecule has 2 N–H and O–H groups in total. The molecule has 2 aromatic rings. The number of benzene rings is 1. The number of hydrogen-bond donors (Lipinski definition) is 2. The van der Waals surface area contributed by atoms with Crippen LogP contribution in [0.2, 0.25) is 0 Å². The Morgan fingerprint density at radius 2 is 1.79 bits per heavy atom. The van der Waals surface area contributed by atoms with Gasteiger partial charge in [0, 0.05) is 10.1 Å². The molecule has 0 aliphatic heterocycles. The van der Waals surface area contributed by atoms with Crippen LogP contribution < -0.4 is 10.9 Å². The van der Waals surface area contributed by atoms with Crippen LogP contribution in [0.5, 0.6) is 0 Å². The molecule has 1 atom stereocenters. The van der Waals surface area contributed by atoms with Gasteiger partial charge in [0.2, 0.25) is 0 Å². The summed E-state index contributed by atoms with van der Waals surface area (Å²) in [6.07, 6.45) is 0. The molecule has 24 heavy (non-hydrogen) atoms. The van der Waals surface area contributed by atoms with E-state index in [4.69, 9.17) is 0 Å². The second-order valence-electron chi connectivity index (χ2n) is 6.07. The zero-order valence-corrected chi connectivity index (χ0v) is 15.5. The zero-order valence-electron chi connectivity index (χ0n) is 14.6. The molecule has 1 amide bonds. The van der Waals surface area contributed by atoms with Crippen molar-refractivity contribution in [1.29, 1.82) is 0 Å². The Labute approximate surface area is 146 Å². The van der Waals surface area contributed by atoms with Crippen LogP contribution in [0.1, 0.15) is 54.0 Å². The van der Waals surface area contributed by atoms with E-state index >= 15 is 0 Å². The lowest BCUT2D eigenvalue weighted by atomic mass is 10.1. The van der Waals surface area contributed by atoms with Crippen molar-refractivity contribution in [2.75, 3.05) is 0 Å². The number of aromatic nitrogens is 2. The molecule has 0 aliphatic carbocycles. The molecule has 0 saturated carbocycles. The molecule has 6 heteroatoms. The highest BCUT2D eigenvalue weighted by Gasteiger charge is 2.18. The number of aromatic amines is 1. The van der Waals surface area contributed by atoms with Crippen molar-refractivity contribution in [3.63, 3.8) is 0 Å². The van der Waals surface area contributed by atoms with Crippen molar-refractivity contribution < 1.29 is 4.79 Å². The maximum Gasteiger partial charge on any atom is 0.277 e. The number of nitrogens with one attached hydrogen (secondary N) is 2. The van der Waals surface area contributed by atoms with E-state index in [9.17, 15) is 9.59 Å². The Hall–Kier alpha value is -2.08. The maximum atomic E-state index is 12.5. The molecule has 0 spiro atoms.